The van der Waals surface area contributed by atoms with E-state index in [9.17, 15) is 13.6 Å². The molecule has 2 heterocycles. The SMILES string of the molecule is CCN(Cc1nn(-c2ccc(F)cc2)c2c1CN(Cc1ccccc1F)CC2)C(=O)C1CCCCC1. The van der Waals surface area contributed by atoms with E-state index in [1.807, 2.05) is 28.6 Å². The van der Waals surface area contributed by atoms with E-state index in [0.29, 0.717) is 31.7 Å². The Morgan fingerprint density at radius 1 is 1.06 bits per heavy atom. The Hall–Kier alpha value is -3.06. The molecule has 7 heteroatoms. The number of rotatable bonds is 7. The first kappa shape index (κ1) is 24.6. The summed E-state index contributed by atoms with van der Waals surface area (Å²) in [4.78, 5) is 17.5. The van der Waals surface area contributed by atoms with Gasteiger partial charge in [0, 0.05) is 49.6 Å². The molecule has 1 aliphatic carbocycles. The molecule has 1 amide bonds. The maximum Gasteiger partial charge on any atom is 0.226 e. The van der Waals surface area contributed by atoms with Crippen molar-refractivity contribution in [2.45, 2.75) is 65.1 Å². The number of aromatic nitrogens is 2. The van der Waals surface area contributed by atoms with E-state index in [1.165, 1.54) is 24.6 Å². The zero-order valence-corrected chi connectivity index (χ0v) is 20.9. The second-order valence-electron chi connectivity index (χ2n) is 10.00. The number of nitrogens with zero attached hydrogens (tertiary/aromatic N) is 4. The van der Waals surface area contributed by atoms with Crippen LogP contribution >= 0.6 is 0 Å². The second kappa shape index (κ2) is 10.9. The maximum atomic E-state index is 14.3. The Morgan fingerprint density at radius 3 is 2.53 bits per heavy atom. The summed E-state index contributed by atoms with van der Waals surface area (Å²) in [5, 5.41) is 4.97. The standard InChI is InChI=1S/C29H34F2N4O/c1-2-34(29(36)21-8-4-3-5-9-21)20-27-25-19-33(18-22-10-6-7-11-26(22)31)17-16-28(25)35(32-27)24-14-12-23(30)13-15-24/h6-7,10-15,21H,2-5,8-9,16-20H2,1H3. The Morgan fingerprint density at radius 2 is 1.81 bits per heavy atom. The van der Waals surface area contributed by atoms with Crippen LogP contribution in [-0.2, 0) is 30.8 Å². The first-order valence-corrected chi connectivity index (χ1v) is 13.1. The van der Waals surface area contributed by atoms with Crippen molar-refractivity contribution in [1.29, 1.82) is 0 Å². The Labute approximate surface area is 211 Å². The lowest BCUT2D eigenvalue weighted by molar-refractivity contribution is -0.137. The number of hydrogen-bond donors (Lipinski definition) is 0. The molecule has 2 aliphatic rings. The number of halogens is 2. The van der Waals surface area contributed by atoms with Gasteiger partial charge in [0.1, 0.15) is 11.6 Å². The minimum absolute atomic E-state index is 0.103. The van der Waals surface area contributed by atoms with Crippen molar-refractivity contribution in [3.63, 3.8) is 0 Å². The van der Waals surface area contributed by atoms with Crippen LogP contribution in [-0.4, -0.2) is 38.6 Å². The molecule has 0 N–H and O–H groups in total. The van der Waals surface area contributed by atoms with E-state index in [2.05, 4.69) is 4.90 Å². The molecule has 0 saturated heterocycles. The third-order valence-electron chi connectivity index (χ3n) is 7.63. The summed E-state index contributed by atoms with van der Waals surface area (Å²) in [6, 6.07) is 13.3. The van der Waals surface area contributed by atoms with Gasteiger partial charge in [-0.3, -0.25) is 9.69 Å². The minimum atomic E-state index is -0.286. The van der Waals surface area contributed by atoms with Gasteiger partial charge in [-0.15, -0.1) is 0 Å². The van der Waals surface area contributed by atoms with Crippen LogP contribution < -0.4 is 0 Å². The topological polar surface area (TPSA) is 41.4 Å². The molecular formula is C29H34F2N4O. The molecule has 0 unspecified atom stereocenters. The smallest absolute Gasteiger partial charge is 0.226 e. The number of fused-ring (bicyclic) bond motifs is 1. The van der Waals surface area contributed by atoms with Crippen molar-refractivity contribution < 1.29 is 13.6 Å². The van der Waals surface area contributed by atoms with Crippen molar-refractivity contribution in [3.05, 3.63) is 82.7 Å². The molecule has 0 atom stereocenters. The van der Waals surface area contributed by atoms with Gasteiger partial charge in [0.25, 0.3) is 0 Å². The fourth-order valence-corrected chi connectivity index (χ4v) is 5.60. The molecule has 1 saturated carbocycles. The highest BCUT2D eigenvalue weighted by Gasteiger charge is 2.30. The van der Waals surface area contributed by atoms with E-state index in [-0.39, 0.29) is 23.5 Å². The fourth-order valence-electron chi connectivity index (χ4n) is 5.60. The van der Waals surface area contributed by atoms with E-state index >= 15 is 0 Å². The maximum absolute atomic E-state index is 14.3. The molecule has 36 heavy (non-hydrogen) atoms. The zero-order valence-electron chi connectivity index (χ0n) is 20.9. The van der Waals surface area contributed by atoms with Gasteiger partial charge in [0.05, 0.1) is 23.6 Å². The monoisotopic (exact) mass is 492 g/mol. The molecule has 0 spiro atoms. The molecule has 0 bridgehead atoms. The summed E-state index contributed by atoms with van der Waals surface area (Å²) in [6.07, 6.45) is 6.13. The lowest BCUT2D eigenvalue weighted by atomic mass is 9.88. The number of carbonyl (C=O) groups is 1. The van der Waals surface area contributed by atoms with Crippen molar-refractivity contribution in [1.82, 2.24) is 19.6 Å². The molecule has 5 rings (SSSR count). The normalized spacial score (nSPS) is 16.6. The molecule has 190 valence electrons. The molecule has 5 nitrogen and oxygen atoms in total. The van der Waals surface area contributed by atoms with Gasteiger partial charge in [-0.05, 0) is 50.1 Å². The molecule has 2 aromatic carbocycles. The first-order chi connectivity index (χ1) is 17.5. The molecule has 1 fully saturated rings. The quantitative estimate of drug-likeness (QED) is 0.429. The number of benzene rings is 2. The van der Waals surface area contributed by atoms with Crippen molar-refractivity contribution in [2.24, 2.45) is 5.92 Å². The summed E-state index contributed by atoms with van der Waals surface area (Å²) in [5.41, 5.74) is 4.54. The largest absolute Gasteiger partial charge is 0.337 e. The number of hydrogen-bond acceptors (Lipinski definition) is 3. The summed E-state index contributed by atoms with van der Waals surface area (Å²) in [5.74, 6) is -0.153. The average Bonchev–Trinajstić information content (AvgIpc) is 3.26. The van der Waals surface area contributed by atoms with Crippen LogP contribution in [0.5, 0.6) is 0 Å². The van der Waals surface area contributed by atoms with E-state index < -0.39 is 0 Å². The Balaban J connectivity index is 1.44. The lowest BCUT2D eigenvalue weighted by Crippen LogP contribution is -2.37. The predicted octanol–water partition coefficient (Wildman–Crippen LogP) is 5.64. The highest BCUT2D eigenvalue weighted by atomic mass is 19.1. The van der Waals surface area contributed by atoms with E-state index in [1.54, 1.807) is 18.2 Å². The highest BCUT2D eigenvalue weighted by Crippen LogP contribution is 2.30. The van der Waals surface area contributed by atoms with Crippen molar-refractivity contribution in [2.75, 3.05) is 13.1 Å². The summed E-state index contributed by atoms with van der Waals surface area (Å²) in [7, 11) is 0. The van der Waals surface area contributed by atoms with Crippen LogP contribution in [0.25, 0.3) is 5.69 Å². The van der Waals surface area contributed by atoms with Crippen LogP contribution in [0.2, 0.25) is 0 Å². The first-order valence-electron chi connectivity index (χ1n) is 13.1. The lowest BCUT2D eigenvalue weighted by Gasteiger charge is -2.30. The third-order valence-corrected chi connectivity index (χ3v) is 7.63. The van der Waals surface area contributed by atoms with Gasteiger partial charge in [-0.25, -0.2) is 13.5 Å². The summed E-state index contributed by atoms with van der Waals surface area (Å²) >= 11 is 0. The van der Waals surface area contributed by atoms with Gasteiger partial charge in [-0.1, -0.05) is 37.5 Å². The van der Waals surface area contributed by atoms with Gasteiger partial charge >= 0.3 is 0 Å². The average molecular weight is 493 g/mol. The number of amides is 1. The summed E-state index contributed by atoms with van der Waals surface area (Å²) < 4.78 is 29.9. The van der Waals surface area contributed by atoms with Crippen LogP contribution in [0.15, 0.2) is 48.5 Å². The van der Waals surface area contributed by atoms with Gasteiger partial charge in [-0.2, -0.15) is 5.10 Å². The minimum Gasteiger partial charge on any atom is -0.337 e. The molecule has 1 aromatic heterocycles. The summed E-state index contributed by atoms with van der Waals surface area (Å²) in [6.45, 7) is 5.03. The highest BCUT2D eigenvalue weighted by molar-refractivity contribution is 5.78. The predicted molar refractivity (Wildman–Crippen MR) is 135 cm³/mol. The number of carbonyl (C=O) groups excluding carboxylic acids is 1. The van der Waals surface area contributed by atoms with Crippen molar-refractivity contribution >= 4 is 5.91 Å². The van der Waals surface area contributed by atoms with E-state index in [4.69, 9.17) is 5.10 Å². The van der Waals surface area contributed by atoms with Crippen LogP contribution in [0, 0.1) is 17.6 Å². The molecule has 0 radical (unpaired) electrons. The van der Waals surface area contributed by atoms with E-state index in [0.717, 1.165) is 61.3 Å². The zero-order chi connectivity index (χ0) is 25.1. The van der Waals surface area contributed by atoms with Gasteiger partial charge in [0.2, 0.25) is 5.91 Å². The second-order valence-corrected chi connectivity index (χ2v) is 10.00. The Bertz CT molecular complexity index is 1200. The molecule has 1 aliphatic heterocycles. The van der Waals surface area contributed by atoms with Crippen LogP contribution in [0.1, 0.15) is 61.5 Å². The van der Waals surface area contributed by atoms with Crippen LogP contribution in [0.3, 0.4) is 0 Å². The Kier molecular flexibility index (Phi) is 7.46. The molecule has 3 aromatic rings. The molecular weight excluding hydrogens is 458 g/mol. The third kappa shape index (κ3) is 5.21. The fraction of sp³-hybridized carbons (Fsp3) is 0.448. The van der Waals surface area contributed by atoms with Crippen molar-refractivity contribution in [3.8, 4) is 5.69 Å². The van der Waals surface area contributed by atoms with Gasteiger partial charge < -0.3 is 4.90 Å². The van der Waals surface area contributed by atoms with Gasteiger partial charge in [0.15, 0.2) is 0 Å². The van der Waals surface area contributed by atoms with Crippen LogP contribution in [0.4, 0.5) is 8.78 Å².